The number of aryl methyl sites for hydroxylation is 2. The molecule has 146 valence electrons. The Bertz CT molecular complexity index is 819. The molecule has 0 aliphatic rings. The van der Waals surface area contributed by atoms with E-state index in [1.54, 1.807) is 14.0 Å². The van der Waals surface area contributed by atoms with Crippen LogP contribution in [0.5, 0.6) is 11.5 Å². The van der Waals surface area contributed by atoms with Crippen molar-refractivity contribution in [3.63, 3.8) is 0 Å². The van der Waals surface area contributed by atoms with Gasteiger partial charge in [0.2, 0.25) is 0 Å². The molecule has 0 fully saturated rings. The minimum Gasteiger partial charge on any atom is -0.507 e. The lowest BCUT2D eigenvalue weighted by Gasteiger charge is -2.13. The fourth-order valence-corrected chi connectivity index (χ4v) is 2.41. The number of amides is 2. The van der Waals surface area contributed by atoms with Crippen molar-refractivity contribution < 1.29 is 19.4 Å². The smallest absolute Gasteiger partial charge is 0.257 e. The Morgan fingerprint density at radius 1 is 1.15 bits per heavy atom. The van der Waals surface area contributed by atoms with Crippen molar-refractivity contribution in [2.45, 2.75) is 34.1 Å². The van der Waals surface area contributed by atoms with Gasteiger partial charge in [-0.05, 0) is 42.7 Å². The number of phenolic OH excluding ortho intramolecular Hbond substituents is 1. The second kappa shape index (κ2) is 10.2. The molecule has 7 nitrogen and oxygen atoms in total. The van der Waals surface area contributed by atoms with Gasteiger partial charge in [-0.25, -0.2) is 4.98 Å². The first kappa shape index (κ1) is 22.0. The molecule has 0 atom stereocenters. The Hall–Kier alpha value is -3.09. The Balaban J connectivity index is 0.00000176. The van der Waals surface area contributed by atoms with E-state index in [0.717, 1.165) is 5.56 Å². The molecule has 0 bridgehead atoms. The maximum absolute atomic E-state index is 12.6. The minimum absolute atomic E-state index is 0.0386. The van der Waals surface area contributed by atoms with Crippen molar-refractivity contribution in [1.29, 1.82) is 0 Å². The third-order valence-corrected chi connectivity index (χ3v) is 3.85. The van der Waals surface area contributed by atoms with Gasteiger partial charge >= 0.3 is 0 Å². The van der Waals surface area contributed by atoms with Crippen LogP contribution in [-0.2, 0) is 6.42 Å². The Morgan fingerprint density at radius 2 is 1.81 bits per heavy atom. The molecule has 3 N–H and O–H groups in total. The van der Waals surface area contributed by atoms with Gasteiger partial charge in [-0.2, -0.15) is 0 Å². The van der Waals surface area contributed by atoms with Crippen LogP contribution in [0.15, 0.2) is 24.4 Å². The highest BCUT2D eigenvalue weighted by Gasteiger charge is 2.18. The highest BCUT2D eigenvalue weighted by Crippen LogP contribution is 2.24. The fraction of sp³-hybridized carbons (Fsp3) is 0.350. The summed E-state index contributed by atoms with van der Waals surface area (Å²) in [4.78, 5) is 28.7. The molecule has 2 amide bonds. The molecule has 0 radical (unpaired) electrons. The van der Waals surface area contributed by atoms with Crippen molar-refractivity contribution in [2.24, 2.45) is 0 Å². The van der Waals surface area contributed by atoms with Crippen molar-refractivity contribution in [2.75, 3.05) is 19.5 Å². The van der Waals surface area contributed by atoms with Gasteiger partial charge in [-0.3, -0.25) is 9.59 Å². The van der Waals surface area contributed by atoms with E-state index in [9.17, 15) is 14.7 Å². The van der Waals surface area contributed by atoms with Gasteiger partial charge in [0.05, 0.1) is 18.9 Å². The van der Waals surface area contributed by atoms with Crippen LogP contribution in [0.2, 0.25) is 0 Å². The summed E-state index contributed by atoms with van der Waals surface area (Å²) in [5.41, 5.74) is 1.71. The minimum atomic E-state index is -0.469. The van der Waals surface area contributed by atoms with Gasteiger partial charge in [0.1, 0.15) is 17.3 Å². The van der Waals surface area contributed by atoms with Crippen LogP contribution < -0.4 is 15.4 Å². The molecule has 2 aromatic rings. The van der Waals surface area contributed by atoms with Crippen LogP contribution in [-0.4, -0.2) is 36.1 Å². The highest BCUT2D eigenvalue weighted by atomic mass is 16.5. The summed E-state index contributed by atoms with van der Waals surface area (Å²) in [6.07, 6.45) is 2.19. The molecule has 0 saturated carbocycles. The maximum atomic E-state index is 12.6. The van der Waals surface area contributed by atoms with E-state index >= 15 is 0 Å². The molecule has 1 heterocycles. The standard InChI is InChI=1S/C18H21N3O4.C2H6/c1-5-11-7-12(25-4)9-20-16(11)21-18(24)13-8-14(17(23)19-3)15(22)6-10(13)2;1-2/h6-9,22H,5H2,1-4H3,(H,19,23)(H,20,21,24);1-2H3. The molecular formula is C20H27N3O4. The Morgan fingerprint density at radius 3 is 2.37 bits per heavy atom. The number of phenols is 1. The van der Waals surface area contributed by atoms with Crippen molar-refractivity contribution in [3.8, 4) is 11.5 Å². The zero-order valence-corrected chi connectivity index (χ0v) is 16.6. The van der Waals surface area contributed by atoms with E-state index in [1.165, 1.54) is 25.4 Å². The molecule has 0 aliphatic heterocycles. The predicted molar refractivity (Wildman–Crippen MR) is 106 cm³/mol. The van der Waals surface area contributed by atoms with Gasteiger partial charge < -0.3 is 20.5 Å². The van der Waals surface area contributed by atoms with E-state index in [-0.39, 0.29) is 16.9 Å². The van der Waals surface area contributed by atoms with E-state index in [4.69, 9.17) is 4.74 Å². The van der Waals surface area contributed by atoms with Crippen LogP contribution in [0.25, 0.3) is 0 Å². The summed E-state index contributed by atoms with van der Waals surface area (Å²) in [5, 5.41) is 15.1. The lowest BCUT2D eigenvalue weighted by molar-refractivity contribution is 0.0960. The summed E-state index contributed by atoms with van der Waals surface area (Å²) < 4.78 is 5.14. The number of nitrogens with zero attached hydrogens (tertiary/aromatic N) is 1. The van der Waals surface area contributed by atoms with E-state index in [0.29, 0.717) is 23.6 Å². The number of carbonyl (C=O) groups excluding carboxylic acids is 2. The predicted octanol–water partition coefficient (Wildman–Crippen LogP) is 3.30. The number of carbonyl (C=O) groups is 2. The average molecular weight is 373 g/mol. The Labute approximate surface area is 159 Å². The first-order valence-corrected chi connectivity index (χ1v) is 8.81. The topological polar surface area (TPSA) is 101 Å². The molecule has 0 spiro atoms. The normalized spacial score (nSPS) is 9.70. The van der Waals surface area contributed by atoms with Crippen molar-refractivity contribution in [3.05, 3.63) is 46.6 Å². The summed E-state index contributed by atoms with van der Waals surface area (Å²) >= 11 is 0. The zero-order valence-electron chi connectivity index (χ0n) is 16.6. The second-order valence-electron chi connectivity index (χ2n) is 5.45. The monoisotopic (exact) mass is 373 g/mol. The molecule has 1 aromatic heterocycles. The highest BCUT2D eigenvalue weighted by molar-refractivity contribution is 6.07. The number of ether oxygens (including phenoxy) is 1. The van der Waals surface area contributed by atoms with Crippen LogP contribution in [0, 0.1) is 6.92 Å². The summed E-state index contributed by atoms with van der Waals surface area (Å²) in [7, 11) is 3.00. The number of hydrogen-bond donors (Lipinski definition) is 3. The average Bonchev–Trinajstić information content (AvgIpc) is 2.69. The SMILES string of the molecule is CC.CCc1cc(OC)cnc1NC(=O)c1cc(C(=O)NC)c(O)cc1C. The molecular weight excluding hydrogens is 346 g/mol. The molecule has 0 aliphatic carbocycles. The number of aromatic nitrogens is 1. The largest absolute Gasteiger partial charge is 0.507 e. The number of nitrogens with one attached hydrogen (secondary N) is 2. The van der Waals surface area contributed by atoms with Crippen molar-refractivity contribution >= 4 is 17.6 Å². The molecule has 2 rings (SSSR count). The molecule has 0 saturated heterocycles. The summed E-state index contributed by atoms with van der Waals surface area (Å²) in [6.45, 7) is 7.63. The lowest BCUT2D eigenvalue weighted by atomic mass is 10.0. The van der Waals surface area contributed by atoms with Crippen LogP contribution >= 0.6 is 0 Å². The molecule has 1 aromatic carbocycles. The number of methoxy groups -OCH3 is 1. The first-order chi connectivity index (χ1) is 12.9. The third kappa shape index (κ3) is 5.20. The van der Waals surface area contributed by atoms with Gasteiger partial charge in [-0.15, -0.1) is 0 Å². The number of aromatic hydroxyl groups is 1. The lowest BCUT2D eigenvalue weighted by Crippen LogP contribution is -2.20. The fourth-order valence-electron chi connectivity index (χ4n) is 2.41. The van der Waals surface area contributed by atoms with Gasteiger partial charge in [0.15, 0.2) is 0 Å². The number of anilines is 1. The van der Waals surface area contributed by atoms with Gasteiger partial charge in [-0.1, -0.05) is 20.8 Å². The van der Waals surface area contributed by atoms with E-state index in [2.05, 4.69) is 15.6 Å². The van der Waals surface area contributed by atoms with Crippen LogP contribution in [0.1, 0.15) is 52.6 Å². The number of benzene rings is 1. The first-order valence-electron chi connectivity index (χ1n) is 8.81. The maximum Gasteiger partial charge on any atom is 0.257 e. The summed E-state index contributed by atoms with van der Waals surface area (Å²) in [6, 6.07) is 4.57. The summed E-state index contributed by atoms with van der Waals surface area (Å²) in [5.74, 6) is -0.0107. The number of rotatable bonds is 5. The second-order valence-corrected chi connectivity index (χ2v) is 5.45. The van der Waals surface area contributed by atoms with E-state index < -0.39 is 11.8 Å². The van der Waals surface area contributed by atoms with Crippen LogP contribution in [0.3, 0.4) is 0 Å². The Kier molecular flexibility index (Phi) is 8.26. The molecule has 0 unspecified atom stereocenters. The number of pyridine rings is 1. The number of hydrogen-bond acceptors (Lipinski definition) is 5. The molecule has 27 heavy (non-hydrogen) atoms. The van der Waals surface area contributed by atoms with Crippen molar-refractivity contribution in [1.82, 2.24) is 10.3 Å². The van der Waals surface area contributed by atoms with E-state index in [1.807, 2.05) is 26.8 Å². The zero-order chi connectivity index (χ0) is 20.6. The van der Waals surface area contributed by atoms with Gasteiger partial charge in [0, 0.05) is 12.6 Å². The van der Waals surface area contributed by atoms with Gasteiger partial charge in [0.25, 0.3) is 11.8 Å². The third-order valence-electron chi connectivity index (χ3n) is 3.85. The quantitative estimate of drug-likeness (QED) is 0.746. The molecule has 7 heteroatoms. The van der Waals surface area contributed by atoms with Crippen LogP contribution in [0.4, 0.5) is 5.82 Å².